The SMILES string of the molecule is CC1CN(C2(CN)CCCOCC2)CCN1C. The highest BCUT2D eigenvalue weighted by atomic mass is 16.5. The van der Waals surface area contributed by atoms with Gasteiger partial charge < -0.3 is 15.4 Å². The highest BCUT2D eigenvalue weighted by Gasteiger charge is 2.38. The number of hydrogen-bond donors (Lipinski definition) is 1. The minimum atomic E-state index is 0.200. The molecule has 2 N–H and O–H groups in total. The molecule has 0 saturated carbocycles. The van der Waals surface area contributed by atoms with Gasteiger partial charge in [-0.05, 0) is 33.2 Å². The molecule has 0 spiro atoms. The number of rotatable bonds is 2. The number of likely N-dealkylation sites (N-methyl/N-ethyl adjacent to an activating group) is 1. The Morgan fingerprint density at radius 3 is 2.82 bits per heavy atom. The summed E-state index contributed by atoms with van der Waals surface area (Å²) in [5, 5.41) is 0. The fourth-order valence-electron chi connectivity index (χ4n) is 3.12. The van der Waals surface area contributed by atoms with Crippen molar-refractivity contribution < 1.29 is 4.74 Å². The molecule has 2 aliphatic rings. The van der Waals surface area contributed by atoms with Crippen LogP contribution in [0.5, 0.6) is 0 Å². The van der Waals surface area contributed by atoms with Crippen molar-refractivity contribution in [2.75, 3.05) is 46.4 Å². The molecule has 0 aromatic carbocycles. The van der Waals surface area contributed by atoms with Crippen LogP contribution in [-0.4, -0.2) is 67.8 Å². The van der Waals surface area contributed by atoms with Crippen LogP contribution in [0.4, 0.5) is 0 Å². The molecule has 17 heavy (non-hydrogen) atoms. The van der Waals surface area contributed by atoms with Gasteiger partial charge in [0, 0.05) is 51.0 Å². The third kappa shape index (κ3) is 2.81. The zero-order valence-electron chi connectivity index (χ0n) is 11.3. The molecule has 100 valence electrons. The molecule has 2 fully saturated rings. The van der Waals surface area contributed by atoms with Gasteiger partial charge in [-0.25, -0.2) is 0 Å². The van der Waals surface area contributed by atoms with E-state index < -0.39 is 0 Å². The monoisotopic (exact) mass is 241 g/mol. The van der Waals surface area contributed by atoms with Crippen molar-refractivity contribution in [2.24, 2.45) is 5.73 Å². The van der Waals surface area contributed by atoms with Gasteiger partial charge in [-0.2, -0.15) is 0 Å². The molecule has 0 bridgehead atoms. The van der Waals surface area contributed by atoms with Crippen LogP contribution in [0.25, 0.3) is 0 Å². The Morgan fingerprint density at radius 1 is 1.29 bits per heavy atom. The van der Waals surface area contributed by atoms with Crippen molar-refractivity contribution in [1.82, 2.24) is 9.80 Å². The van der Waals surface area contributed by atoms with Crippen LogP contribution < -0.4 is 5.73 Å². The van der Waals surface area contributed by atoms with Crippen molar-refractivity contribution in [3.8, 4) is 0 Å². The van der Waals surface area contributed by atoms with Gasteiger partial charge in [-0.3, -0.25) is 4.90 Å². The topological polar surface area (TPSA) is 41.7 Å². The molecular formula is C13H27N3O. The summed E-state index contributed by atoms with van der Waals surface area (Å²) in [6.07, 6.45) is 3.44. The summed E-state index contributed by atoms with van der Waals surface area (Å²) in [4.78, 5) is 5.07. The molecule has 4 nitrogen and oxygen atoms in total. The first-order valence-electron chi connectivity index (χ1n) is 6.91. The van der Waals surface area contributed by atoms with Crippen LogP contribution in [0, 0.1) is 0 Å². The Hall–Kier alpha value is -0.160. The molecule has 2 heterocycles. The molecule has 0 aromatic heterocycles. The van der Waals surface area contributed by atoms with Crippen LogP contribution in [0.1, 0.15) is 26.2 Å². The summed E-state index contributed by atoms with van der Waals surface area (Å²) >= 11 is 0. The number of nitrogens with two attached hydrogens (primary N) is 1. The highest BCUT2D eigenvalue weighted by Crippen LogP contribution is 2.29. The van der Waals surface area contributed by atoms with E-state index in [0.29, 0.717) is 6.04 Å². The summed E-state index contributed by atoms with van der Waals surface area (Å²) in [7, 11) is 2.22. The second kappa shape index (κ2) is 5.65. The van der Waals surface area contributed by atoms with E-state index in [9.17, 15) is 0 Å². The number of piperazine rings is 1. The van der Waals surface area contributed by atoms with E-state index in [-0.39, 0.29) is 5.54 Å². The van der Waals surface area contributed by atoms with Gasteiger partial charge in [-0.15, -0.1) is 0 Å². The summed E-state index contributed by atoms with van der Waals surface area (Å²) in [5.41, 5.74) is 6.31. The quantitative estimate of drug-likeness (QED) is 0.765. The second-order valence-electron chi connectivity index (χ2n) is 5.67. The van der Waals surface area contributed by atoms with E-state index >= 15 is 0 Å². The van der Waals surface area contributed by atoms with Crippen LogP contribution in [-0.2, 0) is 4.74 Å². The maximum absolute atomic E-state index is 6.11. The Kier molecular flexibility index (Phi) is 4.42. The Morgan fingerprint density at radius 2 is 2.12 bits per heavy atom. The molecule has 0 amide bonds. The van der Waals surface area contributed by atoms with Gasteiger partial charge in [0.15, 0.2) is 0 Å². The predicted molar refractivity (Wildman–Crippen MR) is 70.1 cm³/mol. The fraction of sp³-hybridized carbons (Fsp3) is 1.00. The van der Waals surface area contributed by atoms with Gasteiger partial charge in [0.2, 0.25) is 0 Å². The van der Waals surface area contributed by atoms with E-state index in [1.165, 1.54) is 6.42 Å². The van der Waals surface area contributed by atoms with E-state index in [1.54, 1.807) is 0 Å². The lowest BCUT2D eigenvalue weighted by atomic mass is 9.87. The Balaban J connectivity index is 2.05. The average Bonchev–Trinajstić information content (AvgIpc) is 2.59. The fourth-order valence-corrected chi connectivity index (χ4v) is 3.12. The third-order valence-corrected chi connectivity index (χ3v) is 4.65. The largest absolute Gasteiger partial charge is 0.381 e. The van der Waals surface area contributed by atoms with Crippen LogP contribution >= 0.6 is 0 Å². The van der Waals surface area contributed by atoms with Crippen molar-refractivity contribution in [2.45, 2.75) is 37.8 Å². The molecule has 4 heteroatoms. The number of hydrogen-bond acceptors (Lipinski definition) is 4. The summed E-state index contributed by atoms with van der Waals surface area (Å²) in [6, 6.07) is 0.636. The summed E-state index contributed by atoms with van der Waals surface area (Å²) in [5.74, 6) is 0. The Bertz CT molecular complexity index is 239. The smallest absolute Gasteiger partial charge is 0.0484 e. The standard InChI is InChI=1S/C13H27N3O/c1-12-10-16(7-6-15(12)2)13(11-14)4-3-8-17-9-5-13/h12H,3-11,14H2,1-2H3. The molecule has 0 aliphatic carbocycles. The highest BCUT2D eigenvalue weighted by molar-refractivity contribution is 4.96. The lowest BCUT2D eigenvalue weighted by Crippen LogP contribution is -2.62. The van der Waals surface area contributed by atoms with Crippen molar-refractivity contribution >= 4 is 0 Å². The van der Waals surface area contributed by atoms with Gasteiger partial charge in [0.1, 0.15) is 0 Å². The summed E-state index contributed by atoms with van der Waals surface area (Å²) in [6.45, 7) is 8.31. The van der Waals surface area contributed by atoms with Gasteiger partial charge in [-0.1, -0.05) is 0 Å². The molecule has 2 aliphatic heterocycles. The number of nitrogens with zero attached hydrogens (tertiary/aromatic N) is 2. The third-order valence-electron chi connectivity index (χ3n) is 4.65. The summed E-state index contributed by atoms with van der Waals surface area (Å²) < 4.78 is 5.60. The number of ether oxygens (including phenoxy) is 1. The van der Waals surface area contributed by atoms with Crippen LogP contribution in [0.3, 0.4) is 0 Å². The Labute approximate surface area is 105 Å². The van der Waals surface area contributed by atoms with E-state index in [0.717, 1.165) is 52.2 Å². The van der Waals surface area contributed by atoms with Gasteiger partial charge in [0.05, 0.1) is 0 Å². The normalized spacial score (nSPS) is 37.9. The molecule has 2 saturated heterocycles. The molecule has 2 rings (SSSR count). The first kappa shape index (κ1) is 13.3. The minimum absolute atomic E-state index is 0.200. The van der Waals surface area contributed by atoms with E-state index in [2.05, 4.69) is 23.8 Å². The van der Waals surface area contributed by atoms with Crippen molar-refractivity contribution in [3.05, 3.63) is 0 Å². The minimum Gasteiger partial charge on any atom is -0.381 e. The lowest BCUT2D eigenvalue weighted by molar-refractivity contribution is 0.00637. The van der Waals surface area contributed by atoms with E-state index in [4.69, 9.17) is 10.5 Å². The molecular weight excluding hydrogens is 214 g/mol. The predicted octanol–water partition coefficient (Wildman–Crippen LogP) is 0.520. The zero-order valence-corrected chi connectivity index (χ0v) is 11.3. The molecule has 0 radical (unpaired) electrons. The second-order valence-corrected chi connectivity index (χ2v) is 5.67. The first-order chi connectivity index (χ1) is 8.18. The maximum atomic E-state index is 6.11. The van der Waals surface area contributed by atoms with E-state index in [1.807, 2.05) is 0 Å². The van der Waals surface area contributed by atoms with Gasteiger partial charge >= 0.3 is 0 Å². The molecule has 0 aromatic rings. The maximum Gasteiger partial charge on any atom is 0.0484 e. The van der Waals surface area contributed by atoms with Crippen molar-refractivity contribution in [3.63, 3.8) is 0 Å². The van der Waals surface area contributed by atoms with Crippen LogP contribution in [0.2, 0.25) is 0 Å². The lowest BCUT2D eigenvalue weighted by Gasteiger charge is -2.48. The first-order valence-corrected chi connectivity index (χ1v) is 6.91. The molecule has 2 atom stereocenters. The molecule has 2 unspecified atom stereocenters. The zero-order chi connectivity index (χ0) is 12.3. The average molecular weight is 241 g/mol. The van der Waals surface area contributed by atoms with Gasteiger partial charge in [0.25, 0.3) is 0 Å². The van der Waals surface area contributed by atoms with Crippen LogP contribution in [0.15, 0.2) is 0 Å². The van der Waals surface area contributed by atoms with Crippen molar-refractivity contribution in [1.29, 1.82) is 0 Å².